The number of hydrogen-bond donors (Lipinski definition) is 3. The molecule has 1 heterocycles. The largest absolute Gasteiger partial charge is 0.476 e. The molecule has 0 aliphatic carbocycles. The zero-order chi connectivity index (χ0) is 14.1. The number of carbonyl (C=O) groups is 1. The van der Waals surface area contributed by atoms with Crippen LogP contribution >= 0.6 is 0 Å². The van der Waals surface area contributed by atoms with Gasteiger partial charge in [-0.15, -0.1) is 0 Å². The minimum absolute atomic E-state index is 0.162. The van der Waals surface area contributed by atoms with Crippen molar-refractivity contribution in [3.63, 3.8) is 0 Å². The lowest BCUT2D eigenvalue weighted by atomic mass is 9.98. The molecule has 0 bridgehead atoms. The van der Waals surface area contributed by atoms with E-state index < -0.39 is 12.1 Å². The van der Waals surface area contributed by atoms with E-state index in [1.807, 2.05) is 36.4 Å². The quantitative estimate of drug-likeness (QED) is 0.680. The third-order valence-corrected chi connectivity index (χ3v) is 3.26. The van der Waals surface area contributed by atoms with Gasteiger partial charge in [0.1, 0.15) is 6.10 Å². The Morgan fingerprint density at radius 2 is 1.90 bits per heavy atom. The predicted molar refractivity (Wildman–Crippen MR) is 73.6 cm³/mol. The van der Waals surface area contributed by atoms with Gasteiger partial charge in [0.25, 0.3) is 0 Å². The first-order chi connectivity index (χ1) is 9.68. The van der Waals surface area contributed by atoms with Gasteiger partial charge in [-0.3, -0.25) is 0 Å². The van der Waals surface area contributed by atoms with Crippen molar-refractivity contribution in [2.75, 3.05) is 0 Å². The third-order valence-electron chi connectivity index (χ3n) is 3.26. The van der Waals surface area contributed by atoms with Crippen molar-refractivity contribution in [3.8, 4) is 0 Å². The Hall–Kier alpha value is -2.66. The molecule has 0 fully saturated rings. The number of aromatic nitrogens is 2. The molecule has 1 aromatic heterocycles. The maximum atomic E-state index is 11.1. The Balaban J connectivity index is 2.15. The van der Waals surface area contributed by atoms with Crippen molar-refractivity contribution in [1.29, 1.82) is 0 Å². The Labute approximate surface area is 114 Å². The highest BCUT2D eigenvalue weighted by molar-refractivity contribution is 5.89. The van der Waals surface area contributed by atoms with Crippen molar-refractivity contribution in [1.82, 2.24) is 9.97 Å². The molecule has 1 atom stereocenters. The number of imidazole rings is 1. The summed E-state index contributed by atoms with van der Waals surface area (Å²) in [6.07, 6.45) is 0.211. The summed E-state index contributed by atoms with van der Waals surface area (Å²) in [4.78, 5) is 17.5. The van der Waals surface area contributed by atoms with E-state index >= 15 is 0 Å². The van der Waals surface area contributed by atoms with Gasteiger partial charge in [-0.1, -0.05) is 42.5 Å². The fourth-order valence-electron chi connectivity index (χ4n) is 2.33. The number of benzene rings is 2. The second-order valence-corrected chi connectivity index (χ2v) is 4.44. The summed E-state index contributed by atoms with van der Waals surface area (Å²) in [5.74, 6) is -1.17. The fourth-order valence-corrected chi connectivity index (χ4v) is 2.33. The standard InChI is InChI=1S/C15H12N2O3/c18-14(12-13(15(19)20)17-8-16-12)11-7-3-5-9-4-1-2-6-10(9)11/h1-8,14,18H,(H,16,17)(H,19,20). The molecule has 0 saturated heterocycles. The van der Waals surface area contributed by atoms with Crippen LogP contribution in [0.4, 0.5) is 0 Å². The lowest BCUT2D eigenvalue weighted by molar-refractivity contribution is 0.0685. The molecule has 0 saturated carbocycles. The highest BCUT2D eigenvalue weighted by Gasteiger charge is 2.22. The van der Waals surface area contributed by atoms with Gasteiger partial charge in [-0.05, 0) is 16.3 Å². The number of carboxylic acids is 1. The maximum Gasteiger partial charge on any atom is 0.356 e. The summed E-state index contributed by atoms with van der Waals surface area (Å²) in [5.41, 5.74) is 0.675. The van der Waals surface area contributed by atoms with E-state index in [1.165, 1.54) is 6.33 Å². The van der Waals surface area contributed by atoms with Gasteiger partial charge in [-0.25, -0.2) is 9.78 Å². The summed E-state index contributed by atoms with van der Waals surface area (Å²) in [6.45, 7) is 0. The van der Waals surface area contributed by atoms with Crippen molar-refractivity contribution < 1.29 is 15.0 Å². The SMILES string of the molecule is O=C(O)c1nc[nH]c1C(O)c1cccc2ccccc12. The van der Waals surface area contributed by atoms with Crippen LogP contribution in [0.2, 0.25) is 0 Å². The normalized spacial score (nSPS) is 12.4. The first-order valence-electron chi connectivity index (χ1n) is 6.11. The van der Waals surface area contributed by atoms with Gasteiger partial charge < -0.3 is 15.2 Å². The zero-order valence-corrected chi connectivity index (χ0v) is 10.4. The highest BCUT2D eigenvalue weighted by atomic mass is 16.4. The third kappa shape index (κ3) is 1.94. The monoisotopic (exact) mass is 268 g/mol. The summed E-state index contributed by atoms with van der Waals surface area (Å²) in [5, 5.41) is 21.4. The van der Waals surface area contributed by atoms with Crippen LogP contribution < -0.4 is 0 Å². The molecule has 3 rings (SSSR count). The molecule has 0 spiro atoms. The van der Waals surface area contributed by atoms with Crippen molar-refractivity contribution >= 4 is 16.7 Å². The fraction of sp³-hybridized carbons (Fsp3) is 0.0667. The summed E-state index contributed by atoms with van der Waals surface area (Å²) in [6, 6.07) is 13.2. The van der Waals surface area contributed by atoms with Gasteiger partial charge in [-0.2, -0.15) is 0 Å². The van der Waals surface area contributed by atoms with Crippen LogP contribution in [-0.2, 0) is 0 Å². The molecular weight excluding hydrogens is 256 g/mol. The molecule has 0 amide bonds. The molecule has 0 aliphatic heterocycles. The number of fused-ring (bicyclic) bond motifs is 1. The number of aromatic carboxylic acids is 1. The van der Waals surface area contributed by atoms with Crippen molar-refractivity contribution in [3.05, 3.63) is 65.7 Å². The number of rotatable bonds is 3. The minimum atomic E-state index is -1.17. The Kier molecular flexibility index (Phi) is 2.96. The number of aliphatic hydroxyl groups excluding tert-OH is 1. The molecule has 0 aliphatic rings. The molecule has 3 N–H and O–H groups in total. The summed E-state index contributed by atoms with van der Waals surface area (Å²) in [7, 11) is 0. The van der Waals surface area contributed by atoms with Crippen LogP contribution in [0.15, 0.2) is 48.8 Å². The van der Waals surface area contributed by atoms with Gasteiger partial charge >= 0.3 is 5.97 Å². The van der Waals surface area contributed by atoms with Crippen LogP contribution in [0, 0.1) is 0 Å². The molecule has 2 aromatic carbocycles. The Bertz CT molecular complexity index is 774. The average Bonchev–Trinajstić information content (AvgIpc) is 2.95. The number of aliphatic hydroxyl groups is 1. The van der Waals surface area contributed by atoms with Gasteiger partial charge in [0.2, 0.25) is 0 Å². The van der Waals surface area contributed by atoms with Gasteiger partial charge in [0.05, 0.1) is 12.0 Å². The smallest absolute Gasteiger partial charge is 0.356 e. The number of hydrogen-bond acceptors (Lipinski definition) is 3. The molecule has 5 nitrogen and oxygen atoms in total. The van der Waals surface area contributed by atoms with E-state index in [0.717, 1.165) is 10.8 Å². The Morgan fingerprint density at radius 1 is 1.15 bits per heavy atom. The number of aromatic amines is 1. The minimum Gasteiger partial charge on any atom is -0.476 e. The maximum absolute atomic E-state index is 11.1. The van der Waals surface area contributed by atoms with E-state index in [1.54, 1.807) is 6.07 Å². The zero-order valence-electron chi connectivity index (χ0n) is 10.4. The lowest BCUT2D eigenvalue weighted by Gasteiger charge is -2.13. The topological polar surface area (TPSA) is 86.2 Å². The van der Waals surface area contributed by atoms with Gasteiger partial charge in [0.15, 0.2) is 5.69 Å². The molecule has 1 unspecified atom stereocenters. The summed E-state index contributed by atoms with van der Waals surface area (Å²) >= 11 is 0. The van der Waals surface area contributed by atoms with Gasteiger partial charge in [0, 0.05) is 0 Å². The molecular formula is C15H12N2O3. The first-order valence-corrected chi connectivity index (χ1v) is 6.11. The van der Waals surface area contributed by atoms with Crippen molar-refractivity contribution in [2.24, 2.45) is 0 Å². The molecule has 100 valence electrons. The molecule has 0 radical (unpaired) electrons. The first kappa shape index (κ1) is 12.4. The van der Waals surface area contributed by atoms with Crippen LogP contribution in [0.1, 0.15) is 27.8 Å². The number of nitrogens with zero attached hydrogens (tertiary/aromatic N) is 1. The molecule has 20 heavy (non-hydrogen) atoms. The van der Waals surface area contributed by atoms with Crippen molar-refractivity contribution in [2.45, 2.75) is 6.10 Å². The predicted octanol–water partition coefficient (Wildman–Crippen LogP) is 2.34. The highest BCUT2D eigenvalue weighted by Crippen LogP contribution is 2.29. The Morgan fingerprint density at radius 3 is 2.70 bits per heavy atom. The van der Waals surface area contributed by atoms with Crippen LogP contribution in [-0.4, -0.2) is 26.2 Å². The number of H-pyrrole nitrogens is 1. The van der Waals surface area contributed by atoms with Crippen LogP contribution in [0.25, 0.3) is 10.8 Å². The van der Waals surface area contributed by atoms with E-state index in [9.17, 15) is 9.90 Å². The molecule has 5 heteroatoms. The van der Waals surface area contributed by atoms with Crippen LogP contribution in [0.5, 0.6) is 0 Å². The second-order valence-electron chi connectivity index (χ2n) is 4.44. The van der Waals surface area contributed by atoms with Crippen LogP contribution in [0.3, 0.4) is 0 Å². The van der Waals surface area contributed by atoms with E-state index in [-0.39, 0.29) is 11.4 Å². The second kappa shape index (κ2) is 4.79. The summed E-state index contributed by atoms with van der Waals surface area (Å²) < 4.78 is 0. The lowest BCUT2D eigenvalue weighted by Crippen LogP contribution is -2.08. The molecule has 3 aromatic rings. The average molecular weight is 268 g/mol. The number of nitrogens with one attached hydrogen (secondary N) is 1. The number of carboxylic acid groups (broad SMARTS) is 1. The van der Waals surface area contributed by atoms with E-state index in [2.05, 4.69) is 9.97 Å². The van der Waals surface area contributed by atoms with E-state index in [0.29, 0.717) is 5.56 Å². The van der Waals surface area contributed by atoms with E-state index in [4.69, 9.17) is 5.11 Å².